The molecule has 27 heavy (non-hydrogen) atoms. The molecule has 2 N–H and O–H groups in total. The fraction of sp³-hybridized carbons (Fsp3) is 0.300. The molecule has 2 rings (SSSR count). The molecule has 0 atom stereocenters. The summed E-state index contributed by atoms with van der Waals surface area (Å²) in [5.74, 6) is -0.544. The average Bonchev–Trinajstić information content (AvgIpc) is 2.63. The predicted octanol–water partition coefficient (Wildman–Crippen LogP) is 3.72. The van der Waals surface area contributed by atoms with Gasteiger partial charge < -0.3 is 10.6 Å². The van der Waals surface area contributed by atoms with Crippen molar-refractivity contribution in [2.75, 3.05) is 10.6 Å². The summed E-state index contributed by atoms with van der Waals surface area (Å²) >= 11 is 0. The minimum atomic E-state index is -3.37. The van der Waals surface area contributed by atoms with E-state index in [-0.39, 0.29) is 22.6 Å². The Balaban J connectivity index is 2.06. The smallest absolute Gasteiger partial charge is 0.255 e. The van der Waals surface area contributed by atoms with Crippen molar-refractivity contribution in [2.24, 2.45) is 5.92 Å². The van der Waals surface area contributed by atoms with Gasteiger partial charge in [0.25, 0.3) is 5.91 Å². The van der Waals surface area contributed by atoms with Gasteiger partial charge in [0, 0.05) is 22.9 Å². The summed E-state index contributed by atoms with van der Waals surface area (Å²) in [4.78, 5) is 24.2. The Morgan fingerprint density at radius 1 is 0.778 bits per heavy atom. The third-order valence-corrected chi connectivity index (χ3v) is 6.17. The summed E-state index contributed by atoms with van der Waals surface area (Å²) in [6, 6.07) is 12.6. The first-order valence-corrected chi connectivity index (χ1v) is 10.2. The topological polar surface area (TPSA) is 92.3 Å². The molecule has 2 aromatic rings. The first-order chi connectivity index (χ1) is 12.6. The maximum absolute atomic E-state index is 12.3. The Labute approximate surface area is 159 Å². The van der Waals surface area contributed by atoms with E-state index in [2.05, 4.69) is 10.6 Å². The summed E-state index contributed by atoms with van der Waals surface area (Å²) in [7, 11) is -3.37. The molecule has 0 saturated carbocycles. The van der Waals surface area contributed by atoms with Crippen molar-refractivity contribution in [2.45, 2.75) is 37.8 Å². The fourth-order valence-electron chi connectivity index (χ4n) is 2.19. The van der Waals surface area contributed by atoms with E-state index in [1.807, 2.05) is 13.8 Å². The lowest BCUT2D eigenvalue weighted by Gasteiger charge is -2.10. The number of amides is 2. The maximum atomic E-state index is 12.3. The predicted molar refractivity (Wildman–Crippen MR) is 107 cm³/mol. The van der Waals surface area contributed by atoms with Crippen LogP contribution in [0.15, 0.2) is 53.4 Å². The lowest BCUT2D eigenvalue weighted by molar-refractivity contribution is -0.118. The molecule has 0 aromatic heterocycles. The van der Waals surface area contributed by atoms with E-state index >= 15 is 0 Å². The van der Waals surface area contributed by atoms with Crippen LogP contribution in [0.5, 0.6) is 0 Å². The van der Waals surface area contributed by atoms with E-state index in [1.54, 1.807) is 38.1 Å². The van der Waals surface area contributed by atoms with Crippen molar-refractivity contribution in [3.05, 3.63) is 54.1 Å². The largest absolute Gasteiger partial charge is 0.326 e. The average molecular weight is 388 g/mol. The van der Waals surface area contributed by atoms with Crippen LogP contribution in [0.1, 0.15) is 38.1 Å². The molecule has 0 bridgehead atoms. The second kappa shape index (κ2) is 8.35. The molecule has 144 valence electrons. The van der Waals surface area contributed by atoms with Gasteiger partial charge in [-0.2, -0.15) is 0 Å². The van der Waals surface area contributed by atoms with Gasteiger partial charge in [-0.25, -0.2) is 8.42 Å². The summed E-state index contributed by atoms with van der Waals surface area (Å²) in [6.45, 7) is 6.84. The summed E-state index contributed by atoms with van der Waals surface area (Å²) in [5.41, 5.74) is 1.58. The SMILES string of the molecule is CC(C)C(=O)Nc1ccc(NC(=O)c2ccc(S(=O)(=O)C(C)C)cc2)cc1. The Morgan fingerprint density at radius 2 is 1.26 bits per heavy atom. The Bertz CT molecular complexity index is 915. The molecule has 2 aromatic carbocycles. The second-order valence-electron chi connectivity index (χ2n) is 6.79. The second-order valence-corrected chi connectivity index (χ2v) is 9.30. The zero-order valence-electron chi connectivity index (χ0n) is 15.8. The molecule has 0 fully saturated rings. The van der Waals surface area contributed by atoms with Crippen LogP contribution in [0, 0.1) is 5.92 Å². The highest BCUT2D eigenvalue weighted by molar-refractivity contribution is 7.92. The minimum Gasteiger partial charge on any atom is -0.326 e. The monoisotopic (exact) mass is 388 g/mol. The number of rotatable bonds is 6. The summed E-state index contributed by atoms with van der Waals surface area (Å²) in [6.07, 6.45) is 0. The van der Waals surface area contributed by atoms with Crippen LogP contribution in [0.3, 0.4) is 0 Å². The summed E-state index contributed by atoms with van der Waals surface area (Å²) < 4.78 is 24.2. The summed E-state index contributed by atoms with van der Waals surface area (Å²) in [5, 5.41) is 4.99. The van der Waals surface area contributed by atoms with Gasteiger partial charge in [0.15, 0.2) is 9.84 Å². The number of benzene rings is 2. The molecule has 0 spiro atoms. The van der Waals surface area contributed by atoms with Crippen molar-refractivity contribution in [1.82, 2.24) is 0 Å². The maximum Gasteiger partial charge on any atom is 0.255 e. The highest BCUT2D eigenvalue weighted by atomic mass is 32.2. The molecule has 6 nitrogen and oxygen atoms in total. The normalized spacial score (nSPS) is 11.5. The van der Waals surface area contributed by atoms with Gasteiger partial charge in [0.1, 0.15) is 0 Å². The molecular weight excluding hydrogens is 364 g/mol. The molecule has 0 radical (unpaired) electrons. The molecule has 0 saturated heterocycles. The van der Waals surface area contributed by atoms with Crippen molar-refractivity contribution < 1.29 is 18.0 Å². The Hall–Kier alpha value is -2.67. The Morgan fingerprint density at radius 3 is 1.70 bits per heavy atom. The van der Waals surface area contributed by atoms with E-state index < -0.39 is 15.1 Å². The third kappa shape index (κ3) is 5.17. The van der Waals surface area contributed by atoms with Crippen LogP contribution in [0.25, 0.3) is 0 Å². The van der Waals surface area contributed by atoms with Gasteiger partial charge in [-0.05, 0) is 62.4 Å². The van der Waals surface area contributed by atoms with Crippen LogP contribution in [0.4, 0.5) is 11.4 Å². The van der Waals surface area contributed by atoms with Crippen molar-refractivity contribution in [3.63, 3.8) is 0 Å². The molecule has 0 heterocycles. The van der Waals surface area contributed by atoms with Gasteiger partial charge >= 0.3 is 0 Å². The van der Waals surface area contributed by atoms with Crippen LogP contribution in [0.2, 0.25) is 0 Å². The van der Waals surface area contributed by atoms with Gasteiger partial charge in [-0.15, -0.1) is 0 Å². The first kappa shape index (κ1) is 20.6. The number of hydrogen-bond donors (Lipinski definition) is 2. The first-order valence-electron chi connectivity index (χ1n) is 8.67. The zero-order chi connectivity index (χ0) is 20.2. The van der Waals surface area contributed by atoms with Crippen LogP contribution in [-0.2, 0) is 14.6 Å². The Kier molecular flexibility index (Phi) is 6.38. The van der Waals surface area contributed by atoms with Crippen molar-refractivity contribution >= 4 is 33.0 Å². The zero-order valence-corrected chi connectivity index (χ0v) is 16.6. The van der Waals surface area contributed by atoms with E-state index in [0.29, 0.717) is 16.9 Å². The van der Waals surface area contributed by atoms with Crippen molar-refractivity contribution in [1.29, 1.82) is 0 Å². The highest BCUT2D eigenvalue weighted by Gasteiger charge is 2.19. The molecule has 0 aliphatic heterocycles. The van der Waals surface area contributed by atoms with Crippen molar-refractivity contribution in [3.8, 4) is 0 Å². The molecular formula is C20H24N2O4S. The van der Waals surface area contributed by atoms with Gasteiger partial charge in [0.2, 0.25) is 5.91 Å². The standard InChI is InChI=1S/C20H24N2O4S/c1-13(2)19(23)21-16-7-9-17(10-8-16)22-20(24)15-5-11-18(12-6-15)27(25,26)14(3)4/h5-14H,1-4H3,(H,21,23)(H,22,24). The van der Waals surface area contributed by atoms with E-state index in [0.717, 1.165) is 0 Å². The number of carbonyl (C=O) groups excluding carboxylic acids is 2. The number of carbonyl (C=O) groups is 2. The fourth-order valence-corrected chi connectivity index (χ4v) is 3.25. The molecule has 2 amide bonds. The van der Waals surface area contributed by atoms with Gasteiger partial charge in [0.05, 0.1) is 10.1 Å². The highest BCUT2D eigenvalue weighted by Crippen LogP contribution is 2.18. The van der Waals surface area contributed by atoms with Gasteiger partial charge in [-0.1, -0.05) is 13.8 Å². The van der Waals surface area contributed by atoms with E-state index in [9.17, 15) is 18.0 Å². The lowest BCUT2D eigenvalue weighted by atomic mass is 10.2. The number of hydrogen-bond acceptors (Lipinski definition) is 4. The molecule has 7 heteroatoms. The van der Waals surface area contributed by atoms with E-state index in [1.165, 1.54) is 24.3 Å². The lowest BCUT2D eigenvalue weighted by Crippen LogP contribution is -2.17. The minimum absolute atomic E-state index is 0.0803. The molecule has 0 aliphatic rings. The third-order valence-electron chi connectivity index (χ3n) is 4.00. The van der Waals surface area contributed by atoms with Gasteiger partial charge in [-0.3, -0.25) is 9.59 Å². The number of sulfone groups is 1. The quantitative estimate of drug-likeness (QED) is 0.789. The van der Waals surface area contributed by atoms with E-state index in [4.69, 9.17) is 0 Å². The van der Waals surface area contributed by atoms with Crippen LogP contribution >= 0.6 is 0 Å². The number of nitrogens with one attached hydrogen (secondary N) is 2. The van der Waals surface area contributed by atoms with Crippen LogP contribution < -0.4 is 10.6 Å². The van der Waals surface area contributed by atoms with Crippen LogP contribution in [-0.4, -0.2) is 25.5 Å². The number of anilines is 2. The molecule has 0 aliphatic carbocycles. The molecule has 0 unspecified atom stereocenters.